The zero-order chi connectivity index (χ0) is 11.4. The monoisotopic (exact) mass is 223 g/mol. The molecule has 0 aliphatic carbocycles. The van der Waals surface area contributed by atoms with Gasteiger partial charge in [-0.15, -0.1) is 0 Å². The van der Waals surface area contributed by atoms with Gasteiger partial charge in [-0.3, -0.25) is 5.43 Å². The first kappa shape index (κ1) is 10.4. The fraction of sp³-hybridized carbons (Fsp3) is 0.111. The summed E-state index contributed by atoms with van der Waals surface area (Å²) in [4.78, 5) is 7.43. The van der Waals surface area contributed by atoms with E-state index < -0.39 is 5.82 Å². The summed E-state index contributed by atoms with van der Waals surface area (Å²) in [6.45, 7) is 0.338. The fourth-order valence-electron chi connectivity index (χ4n) is 1.14. The van der Waals surface area contributed by atoms with E-state index in [4.69, 9.17) is 10.3 Å². The number of hydrogen-bond acceptors (Lipinski definition) is 6. The van der Waals surface area contributed by atoms with E-state index in [9.17, 15) is 4.39 Å². The van der Waals surface area contributed by atoms with Crippen molar-refractivity contribution in [3.05, 3.63) is 36.2 Å². The first-order valence-corrected chi connectivity index (χ1v) is 4.55. The Morgan fingerprint density at radius 2 is 2.38 bits per heavy atom. The summed E-state index contributed by atoms with van der Waals surface area (Å²) in [6, 6.07) is 3.52. The number of hydrogen-bond donors (Lipinski definition) is 3. The highest BCUT2D eigenvalue weighted by Gasteiger charge is 2.06. The average molecular weight is 223 g/mol. The lowest BCUT2D eigenvalue weighted by molar-refractivity contribution is 0.516. The Morgan fingerprint density at radius 1 is 1.50 bits per heavy atom. The van der Waals surface area contributed by atoms with Crippen LogP contribution < -0.4 is 16.6 Å². The molecule has 0 fully saturated rings. The topological polar surface area (TPSA) is 89.0 Å². The van der Waals surface area contributed by atoms with E-state index in [2.05, 4.69) is 20.7 Å². The highest BCUT2D eigenvalue weighted by molar-refractivity contribution is 5.40. The van der Waals surface area contributed by atoms with Crippen LogP contribution in [0, 0.1) is 5.82 Å². The van der Waals surface area contributed by atoms with Crippen LogP contribution in [0.25, 0.3) is 0 Å². The molecule has 0 atom stereocenters. The van der Waals surface area contributed by atoms with Crippen molar-refractivity contribution in [2.24, 2.45) is 5.84 Å². The van der Waals surface area contributed by atoms with Gasteiger partial charge in [0.05, 0.1) is 19.0 Å². The van der Waals surface area contributed by atoms with Crippen molar-refractivity contribution < 1.29 is 8.81 Å². The molecule has 16 heavy (non-hydrogen) atoms. The van der Waals surface area contributed by atoms with Crippen molar-refractivity contribution in [3.8, 4) is 0 Å². The van der Waals surface area contributed by atoms with Gasteiger partial charge in [0.15, 0.2) is 11.6 Å². The largest absolute Gasteiger partial charge is 0.467 e. The molecule has 0 aliphatic heterocycles. The van der Waals surface area contributed by atoms with Gasteiger partial charge in [0, 0.05) is 0 Å². The molecule has 2 heterocycles. The molecule has 0 bridgehead atoms. The summed E-state index contributed by atoms with van der Waals surface area (Å²) in [5.41, 5.74) is 2.24. The molecular formula is C9H10FN5O. The molecule has 2 aromatic rings. The number of furan rings is 1. The maximum atomic E-state index is 13.2. The van der Waals surface area contributed by atoms with E-state index in [0.29, 0.717) is 12.3 Å². The Bertz CT molecular complexity index is 459. The first-order chi connectivity index (χ1) is 7.79. The van der Waals surface area contributed by atoms with E-state index in [1.807, 2.05) is 0 Å². The predicted molar refractivity (Wildman–Crippen MR) is 55.8 cm³/mol. The molecule has 2 aromatic heterocycles. The third-order valence-corrected chi connectivity index (χ3v) is 1.88. The highest BCUT2D eigenvalue weighted by Crippen LogP contribution is 2.12. The normalized spacial score (nSPS) is 10.1. The molecule has 84 valence electrons. The Kier molecular flexibility index (Phi) is 2.97. The van der Waals surface area contributed by atoms with Crippen LogP contribution in [0.5, 0.6) is 0 Å². The lowest BCUT2D eigenvalue weighted by Crippen LogP contribution is -2.12. The second-order valence-corrected chi connectivity index (χ2v) is 2.97. The van der Waals surface area contributed by atoms with Crippen molar-refractivity contribution in [2.45, 2.75) is 6.54 Å². The molecular weight excluding hydrogens is 213 g/mol. The Morgan fingerprint density at radius 3 is 3.06 bits per heavy atom. The van der Waals surface area contributed by atoms with E-state index in [-0.39, 0.29) is 11.8 Å². The highest BCUT2D eigenvalue weighted by atomic mass is 19.1. The minimum atomic E-state index is -0.550. The SMILES string of the molecule is NNc1ncc(F)c(NCc2ccco2)n1. The van der Waals surface area contributed by atoms with Gasteiger partial charge in [-0.1, -0.05) is 0 Å². The summed E-state index contributed by atoms with van der Waals surface area (Å²) in [5, 5.41) is 2.77. The van der Waals surface area contributed by atoms with E-state index >= 15 is 0 Å². The fourth-order valence-corrected chi connectivity index (χ4v) is 1.14. The van der Waals surface area contributed by atoms with E-state index in [1.54, 1.807) is 18.4 Å². The average Bonchev–Trinajstić information content (AvgIpc) is 2.81. The number of aromatic nitrogens is 2. The Balaban J connectivity index is 2.08. The van der Waals surface area contributed by atoms with Crippen molar-refractivity contribution in [3.63, 3.8) is 0 Å². The maximum Gasteiger partial charge on any atom is 0.239 e. The van der Waals surface area contributed by atoms with Gasteiger partial charge >= 0.3 is 0 Å². The second kappa shape index (κ2) is 4.58. The van der Waals surface area contributed by atoms with Crippen LogP contribution in [0.3, 0.4) is 0 Å². The first-order valence-electron chi connectivity index (χ1n) is 4.55. The van der Waals surface area contributed by atoms with E-state index in [0.717, 1.165) is 6.20 Å². The molecule has 0 unspecified atom stereocenters. The van der Waals surface area contributed by atoms with Crippen molar-refractivity contribution >= 4 is 11.8 Å². The van der Waals surface area contributed by atoms with Crippen molar-refractivity contribution in [1.82, 2.24) is 9.97 Å². The van der Waals surface area contributed by atoms with Gasteiger partial charge in [0.25, 0.3) is 0 Å². The lowest BCUT2D eigenvalue weighted by Gasteiger charge is -2.05. The number of nitrogens with one attached hydrogen (secondary N) is 2. The van der Waals surface area contributed by atoms with Crippen LogP contribution in [0.2, 0.25) is 0 Å². The number of nitrogen functional groups attached to an aromatic ring is 1. The zero-order valence-corrected chi connectivity index (χ0v) is 8.27. The molecule has 2 rings (SSSR count). The van der Waals surface area contributed by atoms with Gasteiger partial charge in [-0.25, -0.2) is 15.2 Å². The van der Waals surface area contributed by atoms with Gasteiger partial charge in [0.2, 0.25) is 5.95 Å². The molecule has 0 spiro atoms. The number of nitrogens with zero attached hydrogens (tertiary/aromatic N) is 2. The third kappa shape index (κ3) is 2.26. The summed E-state index contributed by atoms with van der Waals surface area (Å²) < 4.78 is 18.3. The van der Waals surface area contributed by atoms with Crippen LogP contribution in [-0.2, 0) is 6.54 Å². The number of anilines is 2. The number of rotatable bonds is 4. The second-order valence-electron chi connectivity index (χ2n) is 2.97. The maximum absolute atomic E-state index is 13.2. The predicted octanol–water partition coefficient (Wildman–Crippen LogP) is 1.11. The Hall–Kier alpha value is -2.15. The van der Waals surface area contributed by atoms with Gasteiger partial charge in [0.1, 0.15) is 5.76 Å². The van der Waals surface area contributed by atoms with Gasteiger partial charge < -0.3 is 9.73 Å². The van der Waals surface area contributed by atoms with Crippen molar-refractivity contribution in [1.29, 1.82) is 0 Å². The number of nitrogens with two attached hydrogens (primary N) is 1. The lowest BCUT2D eigenvalue weighted by atomic mass is 10.4. The van der Waals surface area contributed by atoms with Crippen LogP contribution in [-0.4, -0.2) is 9.97 Å². The van der Waals surface area contributed by atoms with Crippen LogP contribution in [0.4, 0.5) is 16.2 Å². The van der Waals surface area contributed by atoms with Crippen LogP contribution in [0.15, 0.2) is 29.0 Å². The Labute approximate surface area is 90.7 Å². The molecule has 0 aliphatic rings. The van der Waals surface area contributed by atoms with Gasteiger partial charge in [-0.05, 0) is 12.1 Å². The smallest absolute Gasteiger partial charge is 0.239 e. The number of halogens is 1. The molecule has 4 N–H and O–H groups in total. The van der Waals surface area contributed by atoms with Gasteiger partial charge in [-0.2, -0.15) is 4.98 Å². The molecule has 7 heteroatoms. The summed E-state index contributed by atoms with van der Waals surface area (Å²) >= 11 is 0. The minimum absolute atomic E-state index is 0.0688. The van der Waals surface area contributed by atoms with Crippen molar-refractivity contribution in [2.75, 3.05) is 10.7 Å². The summed E-state index contributed by atoms with van der Waals surface area (Å²) in [5.74, 6) is 5.46. The molecule has 0 aromatic carbocycles. The third-order valence-electron chi connectivity index (χ3n) is 1.88. The standard InChI is InChI=1S/C9H10FN5O/c10-7-5-13-9(15-11)14-8(7)12-4-6-2-1-3-16-6/h1-3,5H,4,11H2,(H2,12,13,14,15). The zero-order valence-electron chi connectivity index (χ0n) is 8.27. The number of hydrazine groups is 1. The summed E-state index contributed by atoms with van der Waals surface area (Å²) in [7, 11) is 0. The molecule has 0 amide bonds. The minimum Gasteiger partial charge on any atom is -0.467 e. The summed E-state index contributed by atoms with van der Waals surface area (Å²) in [6.07, 6.45) is 2.58. The van der Waals surface area contributed by atoms with Crippen LogP contribution >= 0.6 is 0 Å². The molecule has 0 saturated heterocycles. The quantitative estimate of drug-likeness (QED) is 0.531. The van der Waals surface area contributed by atoms with E-state index in [1.165, 1.54) is 0 Å². The van der Waals surface area contributed by atoms with Crippen LogP contribution in [0.1, 0.15) is 5.76 Å². The molecule has 0 saturated carbocycles. The molecule has 6 nitrogen and oxygen atoms in total. The molecule has 0 radical (unpaired) electrons.